The number of carbonyl (C=O) groups excluding carboxylic acids is 2. The van der Waals surface area contributed by atoms with Crippen molar-refractivity contribution in [3.8, 4) is 0 Å². The molecule has 1 aliphatic carbocycles. The molecule has 1 aromatic carbocycles. The summed E-state index contributed by atoms with van der Waals surface area (Å²) < 4.78 is 0. The second kappa shape index (κ2) is 8.86. The Labute approximate surface area is 145 Å². The minimum Gasteiger partial charge on any atom is -0.347 e. The highest BCUT2D eigenvalue weighted by Gasteiger charge is 2.28. The first-order chi connectivity index (χ1) is 11.5. The highest BCUT2D eigenvalue weighted by Crippen LogP contribution is 2.29. The molecule has 2 atom stereocenters. The number of unbranched alkanes of at least 4 members (excludes halogenated alkanes) is 1. The average Bonchev–Trinajstić information content (AvgIpc) is 2.57. The second-order valence-electron chi connectivity index (χ2n) is 7.04. The van der Waals surface area contributed by atoms with E-state index in [0.717, 1.165) is 32.1 Å². The maximum Gasteiger partial charge on any atom is 0.243 e. The van der Waals surface area contributed by atoms with Crippen LogP contribution in [0.15, 0.2) is 24.3 Å². The number of amides is 2. The fourth-order valence-corrected chi connectivity index (χ4v) is 3.28. The van der Waals surface area contributed by atoms with Crippen molar-refractivity contribution < 1.29 is 9.59 Å². The van der Waals surface area contributed by atoms with Crippen LogP contribution in [0, 0.1) is 5.92 Å². The fraction of sp³-hybridized carbons (Fsp3) is 0.600. The Hall–Kier alpha value is -1.84. The van der Waals surface area contributed by atoms with Crippen molar-refractivity contribution in [2.24, 2.45) is 5.92 Å². The summed E-state index contributed by atoms with van der Waals surface area (Å²) in [4.78, 5) is 24.8. The predicted octanol–water partition coefficient (Wildman–Crippen LogP) is 3.51. The lowest BCUT2D eigenvalue weighted by Crippen LogP contribution is -2.50. The third-order valence-corrected chi connectivity index (χ3v) is 4.71. The average molecular weight is 330 g/mol. The van der Waals surface area contributed by atoms with Gasteiger partial charge in [-0.15, -0.1) is 0 Å². The highest BCUT2D eigenvalue weighted by molar-refractivity contribution is 5.88. The Morgan fingerprint density at radius 2 is 2.00 bits per heavy atom. The summed E-state index contributed by atoms with van der Waals surface area (Å²) in [7, 11) is 0. The molecule has 0 aromatic heterocycles. The van der Waals surface area contributed by atoms with Gasteiger partial charge in [-0.2, -0.15) is 0 Å². The van der Waals surface area contributed by atoms with Crippen molar-refractivity contribution in [2.45, 2.75) is 71.4 Å². The van der Waals surface area contributed by atoms with Crippen molar-refractivity contribution in [1.29, 1.82) is 0 Å². The van der Waals surface area contributed by atoms with E-state index in [9.17, 15) is 9.59 Å². The first kappa shape index (κ1) is 18.5. The van der Waals surface area contributed by atoms with E-state index in [2.05, 4.69) is 29.7 Å². The fourth-order valence-electron chi connectivity index (χ4n) is 3.28. The van der Waals surface area contributed by atoms with Gasteiger partial charge in [-0.05, 0) is 42.7 Å². The number of rotatable bonds is 7. The van der Waals surface area contributed by atoms with Crippen LogP contribution in [0.4, 0.5) is 0 Å². The molecule has 1 aliphatic rings. The van der Waals surface area contributed by atoms with Gasteiger partial charge >= 0.3 is 0 Å². The number of aryl methyl sites for hydroxylation is 1. The van der Waals surface area contributed by atoms with Crippen LogP contribution in [0.1, 0.15) is 70.0 Å². The van der Waals surface area contributed by atoms with Gasteiger partial charge in [-0.25, -0.2) is 0 Å². The third kappa shape index (κ3) is 4.83. The van der Waals surface area contributed by atoms with E-state index in [1.165, 1.54) is 11.1 Å². The molecule has 4 nitrogen and oxygen atoms in total. The van der Waals surface area contributed by atoms with E-state index in [-0.39, 0.29) is 23.8 Å². The molecule has 2 unspecified atom stereocenters. The molecular weight excluding hydrogens is 300 g/mol. The molecule has 0 saturated heterocycles. The number of fused-ring (bicyclic) bond motifs is 1. The molecule has 0 radical (unpaired) electrons. The van der Waals surface area contributed by atoms with E-state index in [4.69, 9.17) is 0 Å². The molecule has 2 N–H and O–H groups in total. The Morgan fingerprint density at radius 3 is 2.71 bits per heavy atom. The van der Waals surface area contributed by atoms with Gasteiger partial charge in [0.15, 0.2) is 0 Å². The second-order valence-corrected chi connectivity index (χ2v) is 7.04. The Bertz CT molecular complexity index is 569. The zero-order valence-corrected chi connectivity index (χ0v) is 15.1. The monoisotopic (exact) mass is 330 g/mol. The van der Waals surface area contributed by atoms with Gasteiger partial charge in [0.1, 0.15) is 6.04 Å². The number of carbonyl (C=O) groups is 2. The molecule has 0 fully saturated rings. The summed E-state index contributed by atoms with van der Waals surface area (Å²) >= 11 is 0. The van der Waals surface area contributed by atoms with E-state index in [1.54, 1.807) is 0 Å². The standard InChI is InChI=1S/C20H30N2O2/c1-4-5-13-18(23)22-19(14(2)3)20(24)21-17-12-8-10-15-9-6-7-11-16(15)17/h6-7,9,11,14,17,19H,4-5,8,10,12-13H2,1-3H3,(H,21,24)(H,22,23). The van der Waals surface area contributed by atoms with Crippen molar-refractivity contribution in [3.05, 3.63) is 35.4 Å². The summed E-state index contributed by atoms with van der Waals surface area (Å²) in [5.41, 5.74) is 2.54. The Morgan fingerprint density at radius 1 is 1.25 bits per heavy atom. The smallest absolute Gasteiger partial charge is 0.243 e. The van der Waals surface area contributed by atoms with E-state index < -0.39 is 6.04 Å². The van der Waals surface area contributed by atoms with Gasteiger partial charge in [0.2, 0.25) is 11.8 Å². The van der Waals surface area contributed by atoms with Crippen LogP contribution in [0.25, 0.3) is 0 Å². The first-order valence-electron chi connectivity index (χ1n) is 9.20. The molecule has 1 aromatic rings. The number of nitrogens with one attached hydrogen (secondary N) is 2. The van der Waals surface area contributed by atoms with Crippen molar-refractivity contribution >= 4 is 11.8 Å². The molecule has 0 heterocycles. The SMILES string of the molecule is CCCCC(=O)NC(C(=O)NC1CCCc2ccccc21)C(C)C. The Kier molecular flexibility index (Phi) is 6.83. The molecule has 24 heavy (non-hydrogen) atoms. The van der Waals surface area contributed by atoms with Crippen LogP contribution < -0.4 is 10.6 Å². The van der Waals surface area contributed by atoms with E-state index in [1.807, 2.05) is 26.0 Å². The lowest BCUT2D eigenvalue weighted by Gasteiger charge is -2.29. The predicted molar refractivity (Wildman–Crippen MR) is 96.6 cm³/mol. The Balaban J connectivity index is 2.02. The lowest BCUT2D eigenvalue weighted by atomic mass is 9.87. The van der Waals surface area contributed by atoms with Crippen LogP contribution >= 0.6 is 0 Å². The zero-order valence-electron chi connectivity index (χ0n) is 15.1. The lowest BCUT2D eigenvalue weighted by molar-refractivity contribution is -0.130. The van der Waals surface area contributed by atoms with Gasteiger partial charge in [0.25, 0.3) is 0 Å². The van der Waals surface area contributed by atoms with Crippen molar-refractivity contribution in [2.75, 3.05) is 0 Å². The number of hydrogen-bond acceptors (Lipinski definition) is 2. The molecule has 0 aliphatic heterocycles. The molecule has 0 spiro atoms. The zero-order chi connectivity index (χ0) is 17.5. The van der Waals surface area contributed by atoms with Gasteiger partial charge < -0.3 is 10.6 Å². The van der Waals surface area contributed by atoms with Gasteiger partial charge in [-0.1, -0.05) is 51.5 Å². The summed E-state index contributed by atoms with van der Waals surface area (Å²) in [6.45, 7) is 6.00. The first-order valence-corrected chi connectivity index (χ1v) is 9.20. The number of benzene rings is 1. The minimum absolute atomic E-state index is 0.0326. The van der Waals surface area contributed by atoms with Crippen LogP contribution in [0.2, 0.25) is 0 Å². The minimum atomic E-state index is -0.469. The van der Waals surface area contributed by atoms with Crippen LogP contribution in [0.5, 0.6) is 0 Å². The molecular formula is C20H30N2O2. The molecule has 0 saturated carbocycles. The van der Waals surface area contributed by atoms with E-state index in [0.29, 0.717) is 6.42 Å². The third-order valence-electron chi connectivity index (χ3n) is 4.71. The molecule has 132 valence electrons. The molecule has 2 amide bonds. The molecule has 4 heteroatoms. The molecule has 2 rings (SSSR count). The van der Waals surface area contributed by atoms with Gasteiger partial charge in [0, 0.05) is 6.42 Å². The largest absolute Gasteiger partial charge is 0.347 e. The van der Waals surface area contributed by atoms with Crippen molar-refractivity contribution in [3.63, 3.8) is 0 Å². The topological polar surface area (TPSA) is 58.2 Å². The normalized spacial score (nSPS) is 17.9. The quantitative estimate of drug-likeness (QED) is 0.804. The van der Waals surface area contributed by atoms with Gasteiger partial charge in [-0.3, -0.25) is 9.59 Å². The summed E-state index contributed by atoms with van der Waals surface area (Å²) in [5.74, 6) is -0.0410. The highest BCUT2D eigenvalue weighted by atomic mass is 16.2. The maximum atomic E-state index is 12.7. The maximum absolute atomic E-state index is 12.7. The van der Waals surface area contributed by atoms with Crippen LogP contribution in [0.3, 0.4) is 0 Å². The van der Waals surface area contributed by atoms with Crippen LogP contribution in [-0.2, 0) is 16.0 Å². The summed E-state index contributed by atoms with van der Waals surface area (Å²) in [6, 6.07) is 7.90. The number of hydrogen-bond donors (Lipinski definition) is 2. The van der Waals surface area contributed by atoms with Crippen LogP contribution in [-0.4, -0.2) is 17.9 Å². The van der Waals surface area contributed by atoms with Crippen molar-refractivity contribution in [1.82, 2.24) is 10.6 Å². The molecule has 0 bridgehead atoms. The van der Waals surface area contributed by atoms with Gasteiger partial charge in [0.05, 0.1) is 6.04 Å². The summed E-state index contributed by atoms with van der Waals surface area (Å²) in [6.07, 6.45) is 5.43. The van der Waals surface area contributed by atoms with E-state index >= 15 is 0 Å². The summed E-state index contributed by atoms with van der Waals surface area (Å²) in [5, 5.41) is 6.08.